The van der Waals surface area contributed by atoms with E-state index in [1.165, 1.54) is 4.57 Å². The van der Waals surface area contributed by atoms with E-state index in [0.29, 0.717) is 30.1 Å². The minimum Gasteiger partial charge on any atom is -0.408 e. The van der Waals surface area contributed by atoms with Gasteiger partial charge in [0.1, 0.15) is 6.54 Å². The fraction of sp³-hybridized carbons (Fsp3) is 0.318. The molecule has 0 unspecified atom stereocenters. The first-order valence-electron chi connectivity index (χ1n) is 9.95. The van der Waals surface area contributed by atoms with E-state index >= 15 is 0 Å². The van der Waals surface area contributed by atoms with Gasteiger partial charge in [0.25, 0.3) is 0 Å². The van der Waals surface area contributed by atoms with Crippen LogP contribution in [-0.2, 0) is 17.9 Å². The topological polar surface area (TPSA) is 73.3 Å². The third-order valence-corrected chi connectivity index (χ3v) is 5.82. The molecule has 0 atom stereocenters. The molecule has 2 aromatic heterocycles. The minimum atomic E-state index is -0.485. The van der Waals surface area contributed by atoms with Gasteiger partial charge in [-0.2, -0.15) is 0 Å². The number of carbonyl (C=O) groups is 1. The lowest BCUT2D eigenvalue weighted by molar-refractivity contribution is -0.133. The number of carbonyl (C=O) groups excluding carboxylic acids is 1. The maximum Gasteiger partial charge on any atom is 0.420 e. The Bertz CT molecular complexity index is 1230. The number of rotatable bonds is 4. The van der Waals surface area contributed by atoms with Gasteiger partial charge in [0, 0.05) is 19.6 Å². The number of hydrogen-bond donors (Lipinski definition) is 0. The quantitative estimate of drug-likeness (QED) is 0.537. The summed E-state index contributed by atoms with van der Waals surface area (Å²) in [4.78, 5) is 31.2. The van der Waals surface area contributed by atoms with E-state index in [9.17, 15) is 9.59 Å². The van der Waals surface area contributed by atoms with Crippen molar-refractivity contribution in [3.05, 3.63) is 65.4 Å². The van der Waals surface area contributed by atoms with Crippen LogP contribution in [-0.4, -0.2) is 38.0 Å². The van der Waals surface area contributed by atoms with Gasteiger partial charge in [0.15, 0.2) is 5.58 Å². The molecule has 3 heterocycles. The molecule has 1 fully saturated rings. The lowest BCUT2D eigenvalue weighted by Crippen LogP contribution is -2.41. The summed E-state index contributed by atoms with van der Waals surface area (Å²) in [7, 11) is 0. The fourth-order valence-electron chi connectivity index (χ4n) is 4.20. The van der Waals surface area contributed by atoms with Gasteiger partial charge in [-0.1, -0.05) is 24.3 Å². The molecule has 5 rings (SSSR count). The molecule has 1 aliphatic rings. The number of likely N-dealkylation sites (tertiary alicyclic amines) is 1. The van der Waals surface area contributed by atoms with Gasteiger partial charge < -0.3 is 13.9 Å². The molecule has 2 aromatic carbocycles. The van der Waals surface area contributed by atoms with Crippen LogP contribution in [0.15, 0.2) is 64.1 Å². The third-order valence-electron chi connectivity index (χ3n) is 5.82. The van der Waals surface area contributed by atoms with E-state index in [0.717, 1.165) is 30.4 Å². The molecule has 7 heteroatoms. The van der Waals surface area contributed by atoms with Crippen LogP contribution < -0.4 is 5.76 Å². The molecular weight excluding hydrogens is 368 g/mol. The van der Waals surface area contributed by atoms with E-state index < -0.39 is 5.76 Å². The van der Waals surface area contributed by atoms with Crippen molar-refractivity contribution in [3.63, 3.8) is 0 Å². The zero-order valence-electron chi connectivity index (χ0n) is 16.0. The molecule has 148 valence electrons. The Hall–Kier alpha value is -3.35. The van der Waals surface area contributed by atoms with E-state index in [4.69, 9.17) is 4.42 Å². The molecule has 29 heavy (non-hydrogen) atoms. The average Bonchev–Trinajstić information content (AvgIpc) is 3.29. The molecule has 1 aliphatic heterocycles. The molecular formula is C22H22N4O3. The maximum absolute atomic E-state index is 12.8. The van der Waals surface area contributed by atoms with Gasteiger partial charge in [0.2, 0.25) is 5.91 Å². The van der Waals surface area contributed by atoms with Crippen LogP contribution in [0, 0.1) is 5.92 Å². The second-order valence-electron chi connectivity index (χ2n) is 7.63. The van der Waals surface area contributed by atoms with Crippen molar-refractivity contribution in [2.75, 3.05) is 13.1 Å². The highest BCUT2D eigenvalue weighted by Gasteiger charge is 2.24. The van der Waals surface area contributed by atoms with E-state index in [2.05, 4.69) is 15.6 Å². The number of hydrogen-bond acceptors (Lipinski definition) is 4. The van der Waals surface area contributed by atoms with Crippen LogP contribution in [0.5, 0.6) is 0 Å². The normalized spacial score (nSPS) is 15.4. The zero-order valence-corrected chi connectivity index (χ0v) is 16.0. The summed E-state index contributed by atoms with van der Waals surface area (Å²) in [5, 5.41) is 0. The average molecular weight is 390 g/mol. The lowest BCUT2D eigenvalue weighted by Gasteiger charge is -2.32. The van der Waals surface area contributed by atoms with Crippen molar-refractivity contribution in [1.82, 2.24) is 19.0 Å². The number of piperidine rings is 1. The standard InChI is InChI=1S/C22H22N4O3/c27-21(14-26-19-7-3-4-8-20(19)29-22(26)28)24-11-9-16(10-12-24)13-25-15-23-17-5-1-2-6-18(17)25/h1-8,15-16H,9-14H2. The largest absolute Gasteiger partial charge is 0.420 e. The number of aromatic nitrogens is 3. The van der Waals surface area contributed by atoms with Gasteiger partial charge in [-0.25, -0.2) is 9.78 Å². The Morgan fingerprint density at radius 2 is 1.76 bits per heavy atom. The van der Waals surface area contributed by atoms with Gasteiger partial charge in [-0.15, -0.1) is 0 Å². The number of fused-ring (bicyclic) bond motifs is 2. The first-order valence-corrected chi connectivity index (χ1v) is 9.95. The summed E-state index contributed by atoms with van der Waals surface area (Å²) in [5.41, 5.74) is 3.33. The Labute approximate surface area is 167 Å². The zero-order chi connectivity index (χ0) is 19.8. The van der Waals surface area contributed by atoms with Crippen molar-refractivity contribution >= 4 is 28.0 Å². The predicted molar refractivity (Wildman–Crippen MR) is 110 cm³/mol. The SMILES string of the molecule is O=C(Cn1c(=O)oc2ccccc21)N1CCC(Cn2cnc3ccccc32)CC1. The molecule has 7 nitrogen and oxygen atoms in total. The van der Waals surface area contributed by atoms with Crippen LogP contribution >= 0.6 is 0 Å². The van der Waals surface area contributed by atoms with E-state index in [-0.39, 0.29) is 12.5 Å². The molecule has 0 bridgehead atoms. The van der Waals surface area contributed by atoms with Crippen molar-refractivity contribution in [1.29, 1.82) is 0 Å². The van der Waals surface area contributed by atoms with Crippen molar-refractivity contribution < 1.29 is 9.21 Å². The molecule has 1 amide bonds. The second-order valence-corrected chi connectivity index (χ2v) is 7.63. The highest BCUT2D eigenvalue weighted by molar-refractivity contribution is 5.79. The molecule has 0 aliphatic carbocycles. The highest BCUT2D eigenvalue weighted by Crippen LogP contribution is 2.22. The number of imidazole rings is 1. The number of para-hydroxylation sites is 4. The first-order chi connectivity index (χ1) is 14.2. The van der Waals surface area contributed by atoms with Crippen molar-refractivity contribution in [2.45, 2.75) is 25.9 Å². The Balaban J connectivity index is 1.23. The summed E-state index contributed by atoms with van der Waals surface area (Å²) < 4.78 is 8.85. The van der Waals surface area contributed by atoms with E-state index in [1.54, 1.807) is 12.1 Å². The molecule has 0 spiro atoms. The molecule has 0 saturated carbocycles. The van der Waals surface area contributed by atoms with Crippen LogP contribution in [0.3, 0.4) is 0 Å². The molecule has 4 aromatic rings. The summed E-state index contributed by atoms with van der Waals surface area (Å²) in [6, 6.07) is 15.3. The van der Waals surface area contributed by atoms with Crippen LogP contribution in [0.25, 0.3) is 22.1 Å². The van der Waals surface area contributed by atoms with Crippen LogP contribution in [0.2, 0.25) is 0 Å². The molecule has 1 saturated heterocycles. The molecule has 0 radical (unpaired) electrons. The van der Waals surface area contributed by atoms with Gasteiger partial charge >= 0.3 is 5.76 Å². The predicted octanol–water partition coefficient (Wildman–Crippen LogP) is 2.88. The van der Waals surface area contributed by atoms with Crippen LogP contribution in [0.1, 0.15) is 12.8 Å². The summed E-state index contributed by atoms with van der Waals surface area (Å²) in [6.45, 7) is 2.35. The van der Waals surface area contributed by atoms with Gasteiger partial charge in [-0.3, -0.25) is 9.36 Å². The van der Waals surface area contributed by atoms with Crippen molar-refractivity contribution in [2.24, 2.45) is 5.92 Å². The van der Waals surface area contributed by atoms with E-state index in [1.807, 2.05) is 41.6 Å². The second kappa shape index (κ2) is 7.24. The van der Waals surface area contributed by atoms with Gasteiger partial charge in [-0.05, 0) is 43.0 Å². The van der Waals surface area contributed by atoms with Crippen molar-refractivity contribution in [3.8, 4) is 0 Å². The molecule has 0 N–H and O–H groups in total. The maximum atomic E-state index is 12.8. The monoisotopic (exact) mass is 390 g/mol. The number of nitrogens with zero attached hydrogens (tertiary/aromatic N) is 4. The third kappa shape index (κ3) is 3.33. The summed E-state index contributed by atoms with van der Waals surface area (Å²) in [5.74, 6) is -0.0132. The first kappa shape index (κ1) is 17.7. The smallest absolute Gasteiger partial charge is 0.408 e. The Morgan fingerprint density at radius 1 is 1.03 bits per heavy atom. The fourth-order valence-corrected chi connectivity index (χ4v) is 4.20. The number of oxazole rings is 1. The number of benzene rings is 2. The Kier molecular flexibility index (Phi) is 4.42. The summed E-state index contributed by atoms with van der Waals surface area (Å²) >= 11 is 0. The Morgan fingerprint density at radius 3 is 2.59 bits per heavy atom. The lowest BCUT2D eigenvalue weighted by atomic mass is 9.96. The highest BCUT2D eigenvalue weighted by atomic mass is 16.4. The minimum absolute atomic E-state index is 0.0205. The summed E-state index contributed by atoms with van der Waals surface area (Å²) in [6.07, 6.45) is 3.79. The van der Waals surface area contributed by atoms with Gasteiger partial charge in [0.05, 0.1) is 22.9 Å². The number of amides is 1. The van der Waals surface area contributed by atoms with Crippen LogP contribution in [0.4, 0.5) is 0 Å².